The number of benzene rings is 9. The zero-order chi connectivity index (χ0) is 37.3. The molecule has 9 aromatic carbocycles. The van der Waals surface area contributed by atoms with Crippen molar-refractivity contribution in [3.8, 4) is 0 Å². The van der Waals surface area contributed by atoms with Crippen molar-refractivity contribution in [3.63, 3.8) is 0 Å². The lowest BCUT2D eigenvalue weighted by molar-refractivity contribution is 0.0460. The van der Waals surface area contributed by atoms with Gasteiger partial charge in [0.2, 0.25) is 0 Å². The van der Waals surface area contributed by atoms with Crippen LogP contribution in [0.5, 0.6) is 0 Å². The Balaban J connectivity index is 0.852. The molecule has 0 saturated carbocycles. The summed E-state index contributed by atoms with van der Waals surface area (Å²) in [5.74, 6) is -0.901. The average Bonchev–Trinajstić information content (AvgIpc) is 3.85. The van der Waals surface area contributed by atoms with Crippen LogP contribution in [0.4, 0.5) is 0 Å². The number of fused-ring (bicyclic) bond motifs is 14. The van der Waals surface area contributed by atoms with Crippen molar-refractivity contribution in [3.05, 3.63) is 180 Å². The van der Waals surface area contributed by atoms with Crippen LogP contribution < -0.4 is 0 Å². The highest BCUT2D eigenvalue weighted by molar-refractivity contribution is 7.27. The van der Waals surface area contributed by atoms with Crippen LogP contribution in [0.2, 0.25) is 0 Å². The maximum atomic E-state index is 13.4. The summed E-state index contributed by atoms with van der Waals surface area (Å²) in [4.78, 5) is 26.8. The molecule has 4 nitrogen and oxygen atoms in total. The molecule has 0 saturated heterocycles. The summed E-state index contributed by atoms with van der Waals surface area (Å²) in [6.07, 6.45) is 0. The fraction of sp³-hybridized carbons (Fsp3) is 0.0400. The monoisotopic (exact) mass is 758 g/mol. The van der Waals surface area contributed by atoms with E-state index in [0.29, 0.717) is 11.1 Å². The third-order valence-electron chi connectivity index (χ3n) is 10.9. The second-order valence-corrected chi connectivity index (χ2v) is 16.2. The predicted molar refractivity (Wildman–Crippen MR) is 233 cm³/mol. The van der Waals surface area contributed by atoms with E-state index in [1.54, 1.807) is 46.9 Å². The second-order valence-electron chi connectivity index (χ2n) is 14.2. The Hall–Kier alpha value is -6.60. The van der Waals surface area contributed by atoms with Crippen molar-refractivity contribution in [2.45, 2.75) is 13.2 Å². The quantitative estimate of drug-likeness (QED) is 0.158. The Labute approximate surface area is 328 Å². The highest BCUT2D eigenvalue weighted by atomic mass is 32.1. The average molecular weight is 759 g/mol. The van der Waals surface area contributed by atoms with Gasteiger partial charge in [-0.15, -0.1) is 22.7 Å². The highest BCUT2D eigenvalue weighted by Crippen LogP contribution is 2.45. The molecule has 0 spiro atoms. The van der Waals surface area contributed by atoms with Gasteiger partial charge in [-0.2, -0.15) is 0 Å². The number of hydrogen-bond acceptors (Lipinski definition) is 6. The van der Waals surface area contributed by atoms with Gasteiger partial charge in [-0.25, -0.2) is 9.59 Å². The van der Waals surface area contributed by atoms with E-state index < -0.39 is 11.9 Å². The molecule has 0 aliphatic heterocycles. The van der Waals surface area contributed by atoms with E-state index in [0.717, 1.165) is 31.3 Å². The van der Waals surface area contributed by atoms with Crippen LogP contribution in [0.3, 0.4) is 0 Å². The van der Waals surface area contributed by atoms with E-state index in [2.05, 4.69) is 121 Å². The van der Waals surface area contributed by atoms with Crippen molar-refractivity contribution < 1.29 is 19.1 Å². The minimum atomic E-state index is -0.450. The molecule has 0 aliphatic rings. The molecule has 2 heterocycles. The minimum absolute atomic E-state index is 0.127. The molecule has 0 bridgehead atoms. The zero-order valence-electron chi connectivity index (χ0n) is 29.9. The first-order chi connectivity index (χ1) is 27.6. The number of carbonyl (C=O) groups excluding carboxylic acids is 2. The summed E-state index contributed by atoms with van der Waals surface area (Å²) < 4.78 is 16.6. The molecule has 0 amide bonds. The van der Waals surface area contributed by atoms with Crippen LogP contribution in [0.25, 0.3) is 83.4 Å². The predicted octanol–water partition coefficient (Wildman–Crippen LogP) is 13.7. The van der Waals surface area contributed by atoms with Gasteiger partial charge in [0, 0.05) is 51.5 Å². The lowest BCUT2D eigenvalue weighted by Gasteiger charge is -2.10. The molecule has 11 aromatic rings. The Kier molecular flexibility index (Phi) is 7.62. The van der Waals surface area contributed by atoms with Crippen LogP contribution in [-0.2, 0) is 22.7 Å². The zero-order valence-corrected chi connectivity index (χ0v) is 31.5. The molecular weight excluding hydrogens is 729 g/mol. The van der Waals surface area contributed by atoms with E-state index in [9.17, 15) is 9.59 Å². The van der Waals surface area contributed by atoms with Crippen molar-refractivity contribution in [2.24, 2.45) is 0 Å². The lowest BCUT2D eigenvalue weighted by atomic mass is 9.99. The second kappa shape index (κ2) is 13.0. The van der Waals surface area contributed by atoms with Gasteiger partial charge in [-0.05, 0) is 79.5 Å². The molecule has 6 heteroatoms. The summed E-state index contributed by atoms with van der Waals surface area (Å²) in [6.45, 7) is 0.255. The van der Waals surface area contributed by atoms with Crippen LogP contribution in [0.1, 0.15) is 31.8 Å². The standard InChI is InChI=1S/C50H30O4S2/c51-49(53-27-35-25-33-11-3-5-13-37(33)43-41-23-21-29-9-1-7-15-39(29)47(41)55-45(35)43)31-17-19-32(20-18-31)50(52)54-28-36-26-34-12-4-6-14-38(34)44-42-24-22-30-10-2-8-16-40(30)48(42)56-46(36)44/h1-26H,27-28H2. The first kappa shape index (κ1) is 32.8. The number of thiophene rings is 2. The van der Waals surface area contributed by atoms with Gasteiger partial charge < -0.3 is 9.47 Å². The number of hydrogen-bond donors (Lipinski definition) is 0. The Morgan fingerprint density at radius 3 is 1.18 bits per heavy atom. The molecule has 11 rings (SSSR count). The number of ether oxygens (including phenoxy) is 2. The normalized spacial score (nSPS) is 11.9. The Bertz CT molecular complexity index is 3180. The van der Waals surface area contributed by atoms with E-state index in [1.807, 2.05) is 12.1 Å². The van der Waals surface area contributed by atoms with Gasteiger partial charge in [0.05, 0.1) is 11.1 Å². The van der Waals surface area contributed by atoms with Gasteiger partial charge in [0.1, 0.15) is 13.2 Å². The number of carbonyl (C=O) groups is 2. The van der Waals surface area contributed by atoms with Crippen molar-refractivity contribution in [1.82, 2.24) is 0 Å². The van der Waals surface area contributed by atoms with Crippen LogP contribution in [-0.4, -0.2) is 11.9 Å². The van der Waals surface area contributed by atoms with Gasteiger partial charge in [-0.3, -0.25) is 0 Å². The molecule has 0 unspecified atom stereocenters. The topological polar surface area (TPSA) is 52.6 Å². The maximum Gasteiger partial charge on any atom is 0.338 e. The van der Waals surface area contributed by atoms with E-state index in [1.165, 1.54) is 63.3 Å². The van der Waals surface area contributed by atoms with Crippen LogP contribution in [0.15, 0.2) is 158 Å². The third kappa shape index (κ3) is 5.25. The first-order valence-corrected chi connectivity index (χ1v) is 20.2. The summed E-state index contributed by atoms with van der Waals surface area (Å²) in [5.41, 5.74) is 2.67. The van der Waals surface area contributed by atoms with Gasteiger partial charge in [-0.1, -0.05) is 121 Å². The van der Waals surface area contributed by atoms with E-state index in [4.69, 9.17) is 9.47 Å². The molecule has 0 atom stereocenters. The summed E-state index contributed by atoms with van der Waals surface area (Å²) in [6, 6.07) is 53.2. The molecule has 56 heavy (non-hydrogen) atoms. The molecule has 0 aliphatic carbocycles. The molecule has 0 fully saturated rings. The maximum absolute atomic E-state index is 13.4. The molecule has 0 radical (unpaired) electrons. The van der Waals surface area contributed by atoms with E-state index in [-0.39, 0.29) is 13.2 Å². The third-order valence-corrected chi connectivity index (χ3v) is 13.6. The largest absolute Gasteiger partial charge is 0.457 e. The van der Waals surface area contributed by atoms with Gasteiger partial charge >= 0.3 is 11.9 Å². The smallest absolute Gasteiger partial charge is 0.338 e. The van der Waals surface area contributed by atoms with Crippen molar-refractivity contribution in [1.29, 1.82) is 0 Å². The summed E-state index contributed by atoms with van der Waals surface area (Å²) >= 11 is 3.50. The van der Waals surface area contributed by atoms with Crippen molar-refractivity contribution >= 4 is 118 Å². The SMILES string of the molecule is O=C(OCc1cc2ccccc2c2c1sc1c3ccccc3ccc12)c1ccc(C(=O)OCc2cc3ccccc3c3c2sc2c4ccccc4ccc23)cc1. The number of esters is 2. The molecule has 0 N–H and O–H groups in total. The lowest BCUT2D eigenvalue weighted by Crippen LogP contribution is -2.08. The van der Waals surface area contributed by atoms with Crippen LogP contribution in [0, 0.1) is 0 Å². The minimum Gasteiger partial charge on any atom is -0.457 e. The first-order valence-electron chi connectivity index (χ1n) is 18.5. The van der Waals surface area contributed by atoms with E-state index >= 15 is 0 Å². The molecule has 2 aromatic heterocycles. The Morgan fingerprint density at radius 2 is 0.750 bits per heavy atom. The highest BCUT2D eigenvalue weighted by Gasteiger charge is 2.19. The summed E-state index contributed by atoms with van der Waals surface area (Å²) in [5, 5.41) is 14.2. The van der Waals surface area contributed by atoms with Gasteiger partial charge in [0.15, 0.2) is 0 Å². The fourth-order valence-electron chi connectivity index (χ4n) is 8.26. The summed E-state index contributed by atoms with van der Waals surface area (Å²) in [7, 11) is 0. The van der Waals surface area contributed by atoms with Gasteiger partial charge in [0.25, 0.3) is 0 Å². The number of rotatable bonds is 6. The Morgan fingerprint density at radius 1 is 0.375 bits per heavy atom. The molecular formula is C50H30O4S2. The van der Waals surface area contributed by atoms with Crippen molar-refractivity contribution in [2.75, 3.05) is 0 Å². The fourth-order valence-corrected chi connectivity index (χ4v) is 11.0. The van der Waals surface area contributed by atoms with Crippen LogP contribution >= 0.6 is 22.7 Å². The molecule has 266 valence electrons.